The highest BCUT2D eigenvalue weighted by Gasteiger charge is 2.38. The zero-order valence-corrected chi connectivity index (χ0v) is 11.0. The summed E-state index contributed by atoms with van der Waals surface area (Å²) < 4.78 is 39.3. The first-order chi connectivity index (χ1) is 8.29. The lowest BCUT2D eigenvalue weighted by molar-refractivity contribution is -0.143. The summed E-state index contributed by atoms with van der Waals surface area (Å²) in [7, 11) is 0. The SMILES string of the molecule is Cc1cc(-n2ncc(Br)c2C(F)(F)F)nc(C)n1. The summed E-state index contributed by atoms with van der Waals surface area (Å²) in [6.07, 6.45) is -3.42. The number of hydrogen-bond acceptors (Lipinski definition) is 3. The molecule has 0 aliphatic rings. The number of aromatic nitrogens is 4. The van der Waals surface area contributed by atoms with E-state index in [2.05, 4.69) is 31.0 Å². The molecule has 0 aliphatic heterocycles. The van der Waals surface area contributed by atoms with E-state index in [-0.39, 0.29) is 10.3 Å². The van der Waals surface area contributed by atoms with Gasteiger partial charge in [-0.1, -0.05) is 0 Å². The second kappa shape index (κ2) is 4.34. The Morgan fingerprint density at radius 2 is 1.89 bits per heavy atom. The average Bonchev–Trinajstić information content (AvgIpc) is 2.57. The first-order valence-electron chi connectivity index (χ1n) is 4.92. The van der Waals surface area contributed by atoms with E-state index in [9.17, 15) is 13.2 Å². The number of halogens is 4. The van der Waals surface area contributed by atoms with Gasteiger partial charge in [-0.2, -0.15) is 18.3 Å². The molecule has 2 aromatic heterocycles. The van der Waals surface area contributed by atoms with Crippen molar-refractivity contribution in [3.05, 3.63) is 33.9 Å². The van der Waals surface area contributed by atoms with E-state index in [1.165, 1.54) is 6.07 Å². The van der Waals surface area contributed by atoms with Crippen molar-refractivity contribution in [2.75, 3.05) is 0 Å². The molecule has 0 fully saturated rings. The first kappa shape index (κ1) is 13.0. The molecule has 0 atom stereocenters. The quantitative estimate of drug-likeness (QED) is 0.811. The molecule has 2 rings (SSSR count). The van der Waals surface area contributed by atoms with E-state index in [4.69, 9.17) is 0 Å². The lowest BCUT2D eigenvalue weighted by atomic mass is 10.4. The van der Waals surface area contributed by atoms with E-state index in [1.807, 2.05) is 0 Å². The summed E-state index contributed by atoms with van der Waals surface area (Å²) in [5.41, 5.74) is -0.308. The summed E-state index contributed by atoms with van der Waals surface area (Å²) in [6.45, 7) is 3.30. The molecule has 4 nitrogen and oxygen atoms in total. The summed E-state index contributed by atoms with van der Waals surface area (Å²) in [5, 5.41) is 3.69. The van der Waals surface area contributed by atoms with Crippen molar-refractivity contribution in [3.63, 3.8) is 0 Å². The van der Waals surface area contributed by atoms with Crippen molar-refractivity contribution < 1.29 is 13.2 Å². The second-order valence-corrected chi connectivity index (χ2v) is 4.52. The van der Waals surface area contributed by atoms with Crippen molar-refractivity contribution >= 4 is 15.9 Å². The molecule has 18 heavy (non-hydrogen) atoms. The van der Waals surface area contributed by atoms with Crippen molar-refractivity contribution in [3.8, 4) is 5.82 Å². The van der Waals surface area contributed by atoms with Gasteiger partial charge in [0.05, 0.1) is 10.7 Å². The normalized spacial score (nSPS) is 11.9. The fraction of sp³-hybridized carbons (Fsp3) is 0.300. The Hall–Kier alpha value is -1.44. The van der Waals surface area contributed by atoms with Crippen LogP contribution in [0.5, 0.6) is 0 Å². The molecule has 96 valence electrons. The number of alkyl halides is 3. The third-order valence-electron chi connectivity index (χ3n) is 2.16. The highest BCUT2D eigenvalue weighted by atomic mass is 79.9. The molecule has 2 aromatic rings. The van der Waals surface area contributed by atoms with E-state index < -0.39 is 11.9 Å². The predicted octanol–water partition coefficient (Wildman–Crippen LogP) is 3.06. The van der Waals surface area contributed by atoms with Crippen LogP contribution in [-0.4, -0.2) is 19.7 Å². The van der Waals surface area contributed by atoms with Gasteiger partial charge < -0.3 is 0 Å². The Balaban J connectivity index is 2.65. The number of aryl methyl sites for hydroxylation is 2. The lowest BCUT2D eigenvalue weighted by Gasteiger charge is -2.11. The molecule has 0 unspecified atom stereocenters. The van der Waals surface area contributed by atoms with Gasteiger partial charge in [0.1, 0.15) is 5.82 Å². The number of hydrogen-bond donors (Lipinski definition) is 0. The van der Waals surface area contributed by atoms with Crippen LogP contribution in [0.15, 0.2) is 16.7 Å². The zero-order chi connectivity index (χ0) is 13.5. The van der Waals surface area contributed by atoms with Gasteiger partial charge in [0.15, 0.2) is 11.5 Å². The third-order valence-corrected chi connectivity index (χ3v) is 2.74. The van der Waals surface area contributed by atoms with Gasteiger partial charge in [-0.25, -0.2) is 14.6 Å². The topological polar surface area (TPSA) is 43.6 Å². The molecule has 0 saturated carbocycles. The maximum Gasteiger partial charge on any atom is 0.434 e. The monoisotopic (exact) mass is 320 g/mol. The van der Waals surface area contributed by atoms with Gasteiger partial charge in [-0.3, -0.25) is 0 Å². The van der Waals surface area contributed by atoms with Crippen LogP contribution < -0.4 is 0 Å². The van der Waals surface area contributed by atoms with Crippen molar-refractivity contribution in [2.24, 2.45) is 0 Å². The average molecular weight is 321 g/mol. The van der Waals surface area contributed by atoms with Crippen molar-refractivity contribution in [2.45, 2.75) is 20.0 Å². The maximum atomic E-state index is 12.9. The van der Waals surface area contributed by atoms with Crippen molar-refractivity contribution in [1.29, 1.82) is 0 Å². The first-order valence-corrected chi connectivity index (χ1v) is 5.71. The van der Waals surface area contributed by atoms with E-state index >= 15 is 0 Å². The third kappa shape index (κ3) is 2.38. The van der Waals surface area contributed by atoms with E-state index in [0.29, 0.717) is 11.5 Å². The Bertz CT molecular complexity index is 571. The van der Waals surface area contributed by atoms with Gasteiger partial charge in [0.25, 0.3) is 0 Å². The minimum atomic E-state index is -4.51. The summed E-state index contributed by atoms with van der Waals surface area (Å²) in [4.78, 5) is 7.97. The molecule has 0 radical (unpaired) electrons. The molecule has 0 amide bonds. The fourth-order valence-corrected chi connectivity index (χ4v) is 2.05. The molecule has 0 aromatic carbocycles. The minimum Gasteiger partial charge on any atom is -0.238 e. The van der Waals surface area contributed by atoms with Gasteiger partial charge in [-0.15, -0.1) is 0 Å². The largest absolute Gasteiger partial charge is 0.434 e. The number of rotatable bonds is 1. The van der Waals surface area contributed by atoms with Crippen LogP contribution in [-0.2, 0) is 6.18 Å². The summed E-state index contributed by atoms with van der Waals surface area (Å²) in [5.74, 6) is 0.489. The van der Waals surface area contributed by atoms with Crippen molar-refractivity contribution in [1.82, 2.24) is 19.7 Å². The van der Waals surface area contributed by atoms with Crippen LogP contribution in [0.2, 0.25) is 0 Å². The Morgan fingerprint density at radius 1 is 1.22 bits per heavy atom. The minimum absolute atomic E-state index is 0.0954. The summed E-state index contributed by atoms with van der Waals surface area (Å²) in [6, 6.07) is 1.45. The summed E-state index contributed by atoms with van der Waals surface area (Å²) >= 11 is 2.84. The molecular formula is C10H8BrF3N4. The van der Waals surface area contributed by atoms with Gasteiger partial charge in [0, 0.05) is 11.8 Å². The Labute approximate surface area is 109 Å². The number of nitrogens with zero attached hydrogens (tertiary/aromatic N) is 4. The molecule has 0 aliphatic carbocycles. The maximum absolute atomic E-state index is 12.9. The molecule has 0 saturated heterocycles. The smallest absolute Gasteiger partial charge is 0.238 e. The standard InChI is InChI=1S/C10H8BrF3N4/c1-5-3-8(17-6(2)16-5)18-9(10(12,13)14)7(11)4-15-18/h3-4H,1-2H3. The predicted molar refractivity (Wildman–Crippen MR) is 61.3 cm³/mol. The lowest BCUT2D eigenvalue weighted by Crippen LogP contribution is -2.15. The van der Waals surface area contributed by atoms with Crippen LogP contribution in [0.3, 0.4) is 0 Å². The van der Waals surface area contributed by atoms with E-state index in [1.54, 1.807) is 13.8 Å². The zero-order valence-electron chi connectivity index (χ0n) is 9.46. The Kier molecular flexibility index (Phi) is 3.14. The second-order valence-electron chi connectivity index (χ2n) is 3.67. The van der Waals surface area contributed by atoms with Crippen LogP contribution in [0.4, 0.5) is 13.2 Å². The van der Waals surface area contributed by atoms with Crippen LogP contribution in [0.25, 0.3) is 5.82 Å². The fourth-order valence-electron chi connectivity index (χ4n) is 1.56. The van der Waals surface area contributed by atoms with Gasteiger partial charge >= 0.3 is 6.18 Å². The van der Waals surface area contributed by atoms with Crippen LogP contribution >= 0.6 is 15.9 Å². The highest BCUT2D eigenvalue weighted by Crippen LogP contribution is 2.35. The highest BCUT2D eigenvalue weighted by molar-refractivity contribution is 9.10. The molecule has 0 bridgehead atoms. The molecular weight excluding hydrogens is 313 g/mol. The van der Waals surface area contributed by atoms with Crippen LogP contribution in [0, 0.1) is 13.8 Å². The Morgan fingerprint density at radius 3 is 2.44 bits per heavy atom. The molecule has 0 spiro atoms. The van der Waals surface area contributed by atoms with E-state index in [0.717, 1.165) is 10.9 Å². The molecule has 0 N–H and O–H groups in total. The molecule has 8 heteroatoms. The van der Waals surface area contributed by atoms with Gasteiger partial charge in [0.2, 0.25) is 0 Å². The van der Waals surface area contributed by atoms with Gasteiger partial charge in [-0.05, 0) is 29.8 Å². The van der Waals surface area contributed by atoms with Crippen LogP contribution in [0.1, 0.15) is 17.2 Å². The molecule has 2 heterocycles.